The van der Waals surface area contributed by atoms with Gasteiger partial charge in [-0.25, -0.2) is 0 Å². The van der Waals surface area contributed by atoms with Crippen molar-refractivity contribution in [3.63, 3.8) is 0 Å². The molecule has 0 heterocycles. The van der Waals surface area contributed by atoms with E-state index in [2.05, 4.69) is 26.0 Å². The molecule has 2 rings (SSSR count). The molecule has 24 heavy (non-hydrogen) atoms. The minimum atomic E-state index is 0.0171. The SMILES string of the molecule is CCOC(=O)[C@@H]1C[C@@H](CC(C)C)C[C@H]1CCc1ccc(OC)cc1. The maximum Gasteiger partial charge on any atom is 0.309 e. The summed E-state index contributed by atoms with van der Waals surface area (Å²) in [5.74, 6) is 2.81. The van der Waals surface area contributed by atoms with Crippen molar-refractivity contribution in [2.45, 2.75) is 52.9 Å². The van der Waals surface area contributed by atoms with Crippen molar-refractivity contribution >= 4 is 5.97 Å². The summed E-state index contributed by atoms with van der Waals surface area (Å²) in [5.41, 5.74) is 1.31. The molecule has 3 nitrogen and oxygen atoms in total. The molecule has 1 fully saturated rings. The van der Waals surface area contributed by atoms with Gasteiger partial charge >= 0.3 is 5.97 Å². The summed E-state index contributed by atoms with van der Waals surface area (Å²) in [4.78, 5) is 12.3. The van der Waals surface area contributed by atoms with Crippen molar-refractivity contribution in [2.75, 3.05) is 13.7 Å². The molecule has 0 radical (unpaired) electrons. The van der Waals surface area contributed by atoms with Crippen LogP contribution in [0.2, 0.25) is 0 Å². The molecule has 0 unspecified atom stereocenters. The van der Waals surface area contributed by atoms with Crippen molar-refractivity contribution in [1.29, 1.82) is 0 Å². The average Bonchev–Trinajstić information content (AvgIpc) is 2.95. The van der Waals surface area contributed by atoms with Crippen molar-refractivity contribution in [3.8, 4) is 5.75 Å². The second-order valence-corrected chi connectivity index (χ2v) is 7.47. The zero-order valence-corrected chi connectivity index (χ0v) is 15.6. The highest BCUT2D eigenvalue weighted by Crippen LogP contribution is 2.42. The number of hydrogen-bond donors (Lipinski definition) is 0. The molecule has 1 aromatic carbocycles. The Morgan fingerprint density at radius 1 is 1.21 bits per heavy atom. The fraction of sp³-hybridized carbons (Fsp3) is 0.667. The molecule has 1 aliphatic rings. The van der Waals surface area contributed by atoms with E-state index in [9.17, 15) is 4.79 Å². The summed E-state index contributed by atoms with van der Waals surface area (Å²) in [6.07, 6.45) is 5.46. The van der Waals surface area contributed by atoms with Gasteiger partial charge in [-0.3, -0.25) is 4.79 Å². The van der Waals surface area contributed by atoms with Crippen LogP contribution in [0.5, 0.6) is 5.75 Å². The van der Waals surface area contributed by atoms with Gasteiger partial charge in [-0.05, 0) is 74.5 Å². The van der Waals surface area contributed by atoms with Gasteiger partial charge in [-0.1, -0.05) is 26.0 Å². The third kappa shape index (κ3) is 5.25. The Kier molecular flexibility index (Phi) is 7.14. The summed E-state index contributed by atoms with van der Waals surface area (Å²) in [7, 11) is 1.69. The molecule has 0 bridgehead atoms. The van der Waals surface area contributed by atoms with Crippen LogP contribution in [0.15, 0.2) is 24.3 Å². The largest absolute Gasteiger partial charge is 0.497 e. The molecule has 3 atom stereocenters. The van der Waals surface area contributed by atoms with Gasteiger partial charge < -0.3 is 9.47 Å². The number of ether oxygens (including phenoxy) is 2. The van der Waals surface area contributed by atoms with Gasteiger partial charge in [0.1, 0.15) is 5.75 Å². The quantitative estimate of drug-likeness (QED) is 0.637. The average molecular weight is 332 g/mol. The van der Waals surface area contributed by atoms with Crippen LogP contribution < -0.4 is 4.74 Å². The highest BCUT2D eigenvalue weighted by atomic mass is 16.5. The molecule has 0 saturated heterocycles. The first kappa shape index (κ1) is 18.8. The number of hydrogen-bond acceptors (Lipinski definition) is 3. The van der Waals surface area contributed by atoms with Crippen LogP contribution in [0.3, 0.4) is 0 Å². The third-order valence-corrected chi connectivity index (χ3v) is 5.15. The Hall–Kier alpha value is -1.51. The Bertz CT molecular complexity index is 506. The molecule has 0 amide bonds. The van der Waals surface area contributed by atoms with Crippen LogP contribution in [-0.2, 0) is 16.0 Å². The van der Waals surface area contributed by atoms with Crippen LogP contribution in [-0.4, -0.2) is 19.7 Å². The van der Waals surface area contributed by atoms with Crippen molar-refractivity contribution in [2.24, 2.45) is 23.7 Å². The minimum absolute atomic E-state index is 0.0171. The Balaban J connectivity index is 1.96. The zero-order chi connectivity index (χ0) is 17.5. The van der Waals surface area contributed by atoms with E-state index in [1.54, 1.807) is 7.11 Å². The lowest BCUT2D eigenvalue weighted by molar-refractivity contribution is -0.149. The topological polar surface area (TPSA) is 35.5 Å². The molecule has 0 N–H and O–H groups in total. The lowest BCUT2D eigenvalue weighted by atomic mass is 9.90. The first-order valence-electron chi connectivity index (χ1n) is 9.33. The van der Waals surface area contributed by atoms with Gasteiger partial charge in [0.05, 0.1) is 19.6 Å². The van der Waals surface area contributed by atoms with Gasteiger partial charge in [-0.2, -0.15) is 0 Å². The van der Waals surface area contributed by atoms with Crippen LogP contribution >= 0.6 is 0 Å². The van der Waals surface area contributed by atoms with Gasteiger partial charge in [0.15, 0.2) is 0 Å². The summed E-state index contributed by atoms with van der Waals surface area (Å²) in [6.45, 7) is 6.91. The highest BCUT2D eigenvalue weighted by molar-refractivity contribution is 5.73. The summed E-state index contributed by atoms with van der Waals surface area (Å²) in [6, 6.07) is 8.26. The lowest BCUT2D eigenvalue weighted by Gasteiger charge is -2.18. The van der Waals surface area contributed by atoms with Crippen molar-refractivity contribution in [3.05, 3.63) is 29.8 Å². The number of methoxy groups -OCH3 is 1. The Morgan fingerprint density at radius 2 is 1.92 bits per heavy atom. The van der Waals surface area contributed by atoms with Crippen LogP contribution in [0.1, 0.15) is 52.0 Å². The smallest absolute Gasteiger partial charge is 0.309 e. The monoisotopic (exact) mass is 332 g/mol. The number of rotatable bonds is 8. The molecule has 1 aromatic rings. The van der Waals surface area contributed by atoms with Crippen molar-refractivity contribution < 1.29 is 14.3 Å². The predicted octanol–water partition coefficient (Wildman–Crippen LogP) is 4.88. The molecule has 0 aliphatic heterocycles. The van der Waals surface area contributed by atoms with Gasteiger partial charge in [0, 0.05) is 0 Å². The predicted molar refractivity (Wildman–Crippen MR) is 97.1 cm³/mol. The van der Waals surface area contributed by atoms with E-state index in [1.165, 1.54) is 12.0 Å². The molecule has 3 heteroatoms. The number of aryl methyl sites for hydroxylation is 1. The Labute approximate surface area is 146 Å². The molecule has 1 aliphatic carbocycles. The molecule has 0 aromatic heterocycles. The number of carbonyl (C=O) groups excluding carboxylic acids is 1. The van der Waals surface area contributed by atoms with E-state index in [1.807, 2.05) is 19.1 Å². The summed E-state index contributed by atoms with van der Waals surface area (Å²) < 4.78 is 10.5. The minimum Gasteiger partial charge on any atom is -0.497 e. The second kappa shape index (κ2) is 9.10. The van der Waals surface area contributed by atoms with Gasteiger partial charge in [0.25, 0.3) is 0 Å². The molecule has 0 spiro atoms. The maximum absolute atomic E-state index is 12.3. The van der Waals surface area contributed by atoms with E-state index in [4.69, 9.17) is 9.47 Å². The van der Waals surface area contributed by atoms with Crippen LogP contribution in [0.25, 0.3) is 0 Å². The third-order valence-electron chi connectivity index (χ3n) is 5.15. The van der Waals surface area contributed by atoms with E-state index < -0.39 is 0 Å². The number of esters is 1. The lowest BCUT2D eigenvalue weighted by Crippen LogP contribution is -2.22. The second-order valence-electron chi connectivity index (χ2n) is 7.47. The van der Waals surface area contributed by atoms with E-state index in [-0.39, 0.29) is 11.9 Å². The maximum atomic E-state index is 12.3. The van der Waals surface area contributed by atoms with E-state index >= 15 is 0 Å². The zero-order valence-electron chi connectivity index (χ0n) is 15.6. The molecule has 134 valence electrons. The standard InChI is InChI=1S/C21H32O3/c1-5-24-21(22)20-14-17(12-15(2)3)13-18(20)9-6-16-7-10-19(23-4)11-8-16/h7-8,10-11,15,17-18,20H,5-6,9,12-14H2,1-4H3/t17-,18+,20+/m0/s1. The van der Waals surface area contributed by atoms with Gasteiger partial charge in [0.2, 0.25) is 0 Å². The fourth-order valence-corrected chi connectivity index (χ4v) is 4.10. The molecule has 1 saturated carbocycles. The normalized spacial score (nSPS) is 23.5. The summed E-state index contributed by atoms with van der Waals surface area (Å²) in [5, 5.41) is 0. The van der Waals surface area contributed by atoms with Crippen LogP contribution in [0, 0.1) is 23.7 Å². The molecular formula is C21H32O3. The number of benzene rings is 1. The van der Waals surface area contributed by atoms with Gasteiger partial charge in [-0.15, -0.1) is 0 Å². The first-order chi connectivity index (χ1) is 11.5. The fourth-order valence-electron chi connectivity index (χ4n) is 4.10. The molecular weight excluding hydrogens is 300 g/mol. The Morgan fingerprint density at radius 3 is 2.50 bits per heavy atom. The number of carbonyl (C=O) groups is 1. The van der Waals surface area contributed by atoms with Crippen LogP contribution in [0.4, 0.5) is 0 Å². The first-order valence-corrected chi connectivity index (χ1v) is 9.33. The van der Waals surface area contributed by atoms with Crippen molar-refractivity contribution in [1.82, 2.24) is 0 Å². The summed E-state index contributed by atoms with van der Waals surface area (Å²) >= 11 is 0. The highest BCUT2D eigenvalue weighted by Gasteiger charge is 2.39. The van der Waals surface area contributed by atoms with E-state index in [0.717, 1.165) is 31.4 Å². The van der Waals surface area contributed by atoms with E-state index in [0.29, 0.717) is 24.4 Å².